The Balaban J connectivity index is 2.23. The number of hydrogen-bond donors (Lipinski definition) is 3. The van der Waals surface area contributed by atoms with Crippen molar-refractivity contribution in [3.63, 3.8) is 0 Å². The Morgan fingerprint density at radius 2 is 2.28 bits per heavy atom. The van der Waals surface area contributed by atoms with E-state index in [0.29, 0.717) is 17.8 Å². The zero-order valence-electron chi connectivity index (χ0n) is 10.5. The summed E-state index contributed by atoms with van der Waals surface area (Å²) in [6.07, 6.45) is 1.29. The van der Waals surface area contributed by atoms with Crippen molar-refractivity contribution in [1.29, 1.82) is 0 Å². The van der Waals surface area contributed by atoms with Crippen LogP contribution < -0.4 is 10.5 Å². The maximum Gasteiger partial charge on any atom is 0.124 e. The van der Waals surface area contributed by atoms with Crippen LogP contribution in [0.3, 0.4) is 0 Å². The average Bonchev–Trinajstić information content (AvgIpc) is 2.76. The van der Waals surface area contributed by atoms with Crippen LogP contribution in [0.25, 0.3) is 0 Å². The number of benzene rings is 1. The number of rotatable bonds is 4. The molecular formula is C13H17N3O2. The van der Waals surface area contributed by atoms with Crippen LogP contribution in [0, 0.1) is 6.92 Å². The van der Waals surface area contributed by atoms with Crippen molar-refractivity contribution in [2.75, 3.05) is 12.8 Å². The minimum Gasteiger partial charge on any atom is -0.496 e. The number of methoxy groups -OCH3 is 1. The molecule has 5 heteroatoms. The number of nitrogens with zero attached hydrogens (tertiary/aromatic N) is 1. The molecule has 0 saturated carbocycles. The van der Waals surface area contributed by atoms with Crippen LogP contribution in [0.1, 0.15) is 22.8 Å². The normalized spacial score (nSPS) is 12.4. The molecule has 1 aromatic carbocycles. The first-order valence-corrected chi connectivity index (χ1v) is 5.72. The average molecular weight is 247 g/mol. The van der Waals surface area contributed by atoms with E-state index in [2.05, 4.69) is 10.2 Å². The highest BCUT2D eigenvalue weighted by Crippen LogP contribution is 2.27. The molecule has 4 N–H and O–H groups in total. The highest BCUT2D eigenvalue weighted by molar-refractivity contribution is 5.42. The molecule has 0 amide bonds. The summed E-state index contributed by atoms with van der Waals surface area (Å²) in [4.78, 5) is 0. The number of aromatic nitrogens is 2. The number of nitrogens with two attached hydrogens (primary N) is 1. The summed E-state index contributed by atoms with van der Waals surface area (Å²) in [5.74, 6) is 1.16. The molecule has 0 bridgehead atoms. The van der Waals surface area contributed by atoms with Crippen LogP contribution in [0.5, 0.6) is 5.75 Å². The van der Waals surface area contributed by atoms with Crippen molar-refractivity contribution in [3.8, 4) is 5.75 Å². The number of nitrogen functional groups attached to an aromatic ring is 1. The van der Waals surface area contributed by atoms with Gasteiger partial charge in [0.15, 0.2) is 0 Å². The molecule has 2 rings (SSSR count). The van der Waals surface area contributed by atoms with E-state index in [9.17, 15) is 5.11 Å². The summed E-state index contributed by atoms with van der Waals surface area (Å²) in [6.45, 7) is 2.00. The third-order valence-electron chi connectivity index (χ3n) is 2.91. The Kier molecular flexibility index (Phi) is 3.53. The predicted molar refractivity (Wildman–Crippen MR) is 69.4 cm³/mol. The summed E-state index contributed by atoms with van der Waals surface area (Å²) in [5.41, 5.74) is 8.37. The topological polar surface area (TPSA) is 84.2 Å². The third-order valence-corrected chi connectivity index (χ3v) is 2.91. The number of ether oxygens (including phenoxy) is 1. The molecule has 0 spiro atoms. The molecule has 1 heterocycles. The van der Waals surface area contributed by atoms with Crippen LogP contribution in [-0.2, 0) is 6.42 Å². The van der Waals surface area contributed by atoms with Crippen molar-refractivity contribution in [2.45, 2.75) is 19.4 Å². The van der Waals surface area contributed by atoms with Gasteiger partial charge in [-0.3, -0.25) is 5.10 Å². The molecule has 0 fully saturated rings. The second kappa shape index (κ2) is 5.10. The number of nitrogens with one attached hydrogen (secondary N) is 1. The number of aryl methyl sites for hydroxylation is 1. The molecule has 1 unspecified atom stereocenters. The smallest absolute Gasteiger partial charge is 0.124 e. The van der Waals surface area contributed by atoms with E-state index >= 15 is 0 Å². The van der Waals surface area contributed by atoms with Gasteiger partial charge in [0.25, 0.3) is 0 Å². The lowest BCUT2D eigenvalue weighted by Crippen LogP contribution is -2.05. The monoisotopic (exact) mass is 247 g/mol. The minimum absolute atomic E-state index is 0.397. The molecule has 0 aliphatic heterocycles. The number of anilines is 1. The molecule has 0 radical (unpaired) electrons. The lowest BCUT2D eigenvalue weighted by molar-refractivity contribution is 0.178. The molecule has 0 saturated heterocycles. The molecule has 18 heavy (non-hydrogen) atoms. The molecule has 0 aliphatic carbocycles. The van der Waals surface area contributed by atoms with Gasteiger partial charge in [0.05, 0.1) is 19.4 Å². The van der Waals surface area contributed by atoms with Gasteiger partial charge in [0.1, 0.15) is 11.6 Å². The Morgan fingerprint density at radius 1 is 1.50 bits per heavy atom. The third kappa shape index (κ3) is 2.46. The number of aliphatic hydroxyl groups excluding tert-OH is 1. The molecule has 5 nitrogen and oxygen atoms in total. The Bertz CT molecular complexity index is 537. The molecule has 1 aromatic heterocycles. The molecule has 0 aliphatic rings. The molecule has 1 atom stereocenters. The first kappa shape index (κ1) is 12.4. The Labute approximate surface area is 106 Å². The first-order chi connectivity index (χ1) is 8.61. The summed E-state index contributed by atoms with van der Waals surface area (Å²) < 4.78 is 5.28. The van der Waals surface area contributed by atoms with Gasteiger partial charge < -0.3 is 15.6 Å². The van der Waals surface area contributed by atoms with E-state index in [1.807, 2.05) is 25.1 Å². The van der Waals surface area contributed by atoms with Gasteiger partial charge in [-0.2, -0.15) is 5.10 Å². The molecular weight excluding hydrogens is 230 g/mol. The van der Waals surface area contributed by atoms with Gasteiger partial charge in [-0.15, -0.1) is 0 Å². The number of aliphatic hydroxyl groups is 1. The lowest BCUT2D eigenvalue weighted by Gasteiger charge is -2.13. The first-order valence-electron chi connectivity index (χ1n) is 5.72. The van der Waals surface area contributed by atoms with Gasteiger partial charge in [0.2, 0.25) is 0 Å². The number of hydrogen-bond acceptors (Lipinski definition) is 4. The van der Waals surface area contributed by atoms with Crippen molar-refractivity contribution < 1.29 is 9.84 Å². The highest BCUT2D eigenvalue weighted by atomic mass is 16.5. The fourth-order valence-corrected chi connectivity index (χ4v) is 1.96. The molecule has 96 valence electrons. The zero-order chi connectivity index (χ0) is 13.1. The van der Waals surface area contributed by atoms with E-state index in [1.54, 1.807) is 13.3 Å². The second-order valence-corrected chi connectivity index (χ2v) is 4.27. The van der Waals surface area contributed by atoms with Gasteiger partial charge in [-0.25, -0.2) is 0 Å². The number of aromatic amines is 1. The summed E-state index contributed by atoms with van der Waals surface area (Å²) >= 11 is 0. The van der Waals surface area contributed by atoms with Crippen molar-refractivity contribution in [2.24, 2.45) is 0 Å². The fraction of sp³-hybridized carbons (Fsp3) is 0.308. The van der Waals surface area contributed by atoms with Crippen LogP contribution in [0.15, 0.2) is 24.4 Å². The van der Waals surface area contributed by atoms with Crippen LogP contribution in [-0.4, -0.2) is 22.4 Å². The van der Waals surface area contributed by atoms with Gasteiger partial charge in [-0.1, -0.05) is 17.7 Å². The van der Waals surface area contributed by atoms with Crippen LogP contribution >= 0.6 is 0 Å². The van der Waals surface area contributed by atoms with E-state index < -0.39 is 6.10 Å². The zero-order valence-corrected chi connectivity index (χ0v) is 10.5. The van der Waals surface area contributed by atoms with E-state index in [-0.39, 0.29) is 0 Å². The maximum atomic E-state index is 10.2. The molecule has 2 aromatic rings. The highest BCUT2D eigenvalue weighted by Gasteiger charge is 2.15. The summed E-state index contributed by atoms with van der Waals surface area (Å²) in [5, 5.41) is 16.6. The Morgan fingerprint density at radius 3 is 2.89 bits per heavy atom. The van der Waals surface area contributed by atoms with Crippen molar-refractivity contribution in [3.05, 3.63) is 41.1 Å². The largest absolute Gasteiger partial charge is 0.496 e. The van der Waals surface area contributed by atoms with Gasteiger partial charge in [-0.05, 0) is 18.6 Å². The van der Waals surface area contributed by atoms with Crippen LogP contribution in [0.2, 0.25) is 0 Å². The van der Waals surface area contributed by atoms with Gasteiger partial charge >= 0.3 is 0 Å². The van der Waals surface area contributed by atoms with E-state index in [0.717, 1.165) is 16.9 Å². The quantitative estimate of drug-likeness (QED) is 0.766. The maximum absolute atomic E-state index is 10.2. The minimum atomic E-state index is -0.695. The van der Waals surface area contributed by atoms with Crippen molar-refractivity contribution in [1.82, 2.24) is 10.2 Å². The van der Waals surface area contributed by atoms with E-state index in [4.69, 9.17) is 10.5 Å². The van der Waals surface area contributed by atoms with E-state index in [1.165, 1.54) is 0 Å². The standard InChI is InChI=1S/C13H17N3O2/c1-8-3-4-12(18-2)9(5-8)6-11(17)10-7-15-16-13(10)14/h3-5,7,11,17H,6H2,1-2H3,(H3,14,15,16). The van der Waals surface area contributed by atoms with Crippen molar-refractivity contribution >= 4 is 5.82 Å². The lowest BCUT2D eigenvalue weighted by atomic mass is 10.0. The summed E-state index contributed by atoms with van der Waals surface area (Å²) in [7, 11) is 1.62. The Hall–Kier alpha value is -2.01. The number of H-pyrrole nitrogens is 1. The van der Waals surface area contributed by atoms with Crippen LogP contribution in [0.4, 0.5) is 5.82 Å². The predicted octanol–water partition coefficient (Wildman–Crippen LogP) is 1.59. The summed E-state index contributed by atoms with van der Waals surface area (Å²) in [6, 6.07) is 5.87. The fourth-order valence-electron chi connectivity index (χ4n) is 1.96. The van der Waals surface area contributed by atoms with Gasteiger partial charge in [0, 0.05) is 12.0 Å². The second-order valence-electron chi connectivity index (χ2n) is 4.27. The SMILES string of the molecule is COc1ccc(C)cc1CC(O)c1cn[nH]c1N.